The molecule has 3 aromatic carbocycles. The van der Waals surface area contributed by atoms with Gasteiger partial charge in [-0.15, -0.1) is 0 Å². The molecule has 1 heterocycles. The van der Waals surface area contributed by atoms with Crippen molar-refractivity contribution < 1.29 is 27.1 Å². The number of benzene rings is 3. The lowest BCUT2D eigenvalue weighted by Crippen LogP contribution is -2.42. The number of β-lactam (4-membered cyclic amide) rings is 1. The molecular formula is C30H28FN2O5S. The highest BCUT2D eigenvalue weighted by atomic mass is 32.2. The third-order valence-electron chi connectivity index (χ3n) is 6.21. The molecule has 1 aliphatic rings. The molecule has 0 bridgehead atoms. The van der Waals surface area contributed by atoms with Crippen molar-refractivity contribution in [2.45, 2.75) is 38.3 Å². The molecule has 7 nitrogen and oxygen atoms in total. The van der Waals surface area contributed by atoms with Crippen LogP contribution in [0.15, 0.2) is 60.7 Å². The molecule has 1 aliphatic heterocycles. The zero-order valence-electron chi connectivity index (χ0n) is 21.6. The zero-order valence-corrected chi connectivity index (χ0v) is 22.4. The second-order valence-electron chi connectivity index (χ2n) is 9.28. The topological polar surface area (TPSA) is 102 Å². The first-order valence-electron chi connectivity index (χ1n) is 12.4. The Morgan fingerprint density at radius 2 is 1.97 bits per heavy atom. The third-order valence-corrected chi connectivity index (χ3v) is 6.88. The maximum Gasteiger partial charge on any atom is 0.303 e. The van der Waals surface area contributed by atoms with Crippen molar-refractivity contribution in [3.8, 4) is 23.0 Å². The van der Waals surface area contributed by atoms with Crippen molar-refractivity contribution in [2.24, 2.45) is 0 Å². The smallest absolute Gasteiger partial charge is 0.303 e. The van der Waals surface area contributed by atoms with Gasteiger partial charge in [0.15, 0.2) is 0 Å². The molecule has 9 heteroatoms. The van der Waals surface area contributed by atoms with Gasteiger partial charge in [0.1, 0.15) is 11.9 Å². The van der Waals surface area contributed by atoms with Gasteiger partial charge >= 0.3 is 5.97 Å². The van der Waals surface area contributed by atoms with Gasteiger partial charge in [0, 0.05) is 18.1 Å². The van der Waals surface area contributed by atoms with Crippen LogP contribution in [0.2, 0.25) is 0 Å². The van der Waals surface area contributed by atoms with Crippen molar-refractivity contribution >= 4 is 21.9 Å². The van der Waals surface area contributed by atoms with Crippen LogP contribution in [0.25, 0.3) is 11.1 Å². The summed E-state index contributed by atoms with van der Waals surface area (Å²) in [7, 11) is -3.34. The van der Waals surface area contributed by atoms with Crippen LogP contribution >= 0.6 is 0 Å². The highest BCUT2D eigenvalue weighted by molar-refractivity contribution is 7.88. The Kier molecular flexibility index (Phi) is 8.79. The summed E-state index contributed by atoms with van der Waals surface area (Å²) in [5.74, 6) is 4.93. The Bertz CT molecular complexity index is 1530. The van der Waals surface area contributed by atoms with Crippen molar-refractivity contribution in [1.82, 2.24) is 10.0 Å². The molecule has 0 aromatic heterocycles. The number of ether oxygens (including phenoxy) is 1. The molecule has 2 atom stereocenters. The van der Waals surface area contributed by atoms with E-state index in [-0.39, 0.29) is 24.3 Å². The summed E-state index contributed by atoms with van der Waals surface area (Å²) in [6.07, 6.45) is 1.68. The number of carbonyl (C=O) groups excluding carboxylic acids is 2. The number of aryl methyl sites for hydroxylation is 1. The second kappa shape index (κ2) is 12.2. The van der Waals surface area contributed by atoms with E-state index in [0.717, 1.165) is 34.1 Å². The van der Waals surface area contributed by atoms with Gasteiger partial charge in [0.25, 0.3) is 0 Å². The third kappa shape index (κ3) is 7.76. The van der Waals surface area contributed by atoms with E-state index >= 15 is 0 Å². The predicted octanol–water partition coefficient (Wildman–Crippen LogP) is 3.99. The van der Waals surface area contributed by atoms with Crippen molar-refractivity contribution in [3.05, 3.63) is 94.8 Å². The Morgan fingerprint density at radius 1 is 1.23 bits per heavy atom. The molecule has 1 saturated heterocycles. The Labute approximate surface area is 227 Å². The van der Waals surface area contributed by atoms with Crippen LogP contribution in [0.1, 0.15) is 54.2 Å². The second-order valence-corrected chi connectivity index (χ2v) is 11.1. The fraction of sp³-hybridized carbons (Fsp3) is 0.267. The number of nitrogens with one attached hydrogen (secondary N) is 2. The molecule has 1 unspecified atom stereocenters. The lowest BCUT2D eigenvalue weighted by atomic mass is 9.84. The molecule has 2 N–H and O–H groups in total. The number of halogens is 1. The largest absolute Gasteiger partial charge is 0.458 e. The lowest BCUT2D eigenvalue weighted by molar-refractivity contribution is -0.147. The normalized spacial score (nSPS) is 15.4. The molecule has 0 spiro atoms. The molecule has 201 valence electrons. The standard InChI is InChI=1S/C30H28FN2O5S/c1-20(34)38-28(16-13-21-11-14-24(31)15-12-21)30-25(9-4-10-26(30)27-19-29(35)33-27)23-8-3-6-22(18-23)7-5-17-32-39(2,36)37/h3-4,6,8-9,11-12,14-15,18,27-28,32H,13,16-17,19H2,1-2H3,(H,33,35)/t27?,28-/m1/s1. The maximum atomic E-state index is 13.4. The van der Waals surface area contributed by atoms with Crippen molar-refractivity contribution in [2.75, 3.05) is 12.8 Å². The molecule has 0 aliphatic carbocycles. The van der Waals surface area contributed by atoms with E-state index < -0.39 is 22.1 Å². The zero-order chi connectivity index (χ0) is 28.0. The Morgan fingerprint density at radius 3 is 2.64 bits per heavy atom. The molecule has 1 radical (unpaired) electrons. The van der Waals surface area contributed by atoms with Gasteiger partial charge in [-0.1, -0.05) is 48.2 Å². The number of carbonyl (C=O) groups is 2. The van der Waals surface area contributed by atoms with Crippen molar-refractivity contribution in [3.63, 3.8) is 0 Å². The number of rotatable bonds is 9. The van der Waals surface area contributed by atoms with E-state index in [9.17, 15) is 22.4 Å². The summed E-state index contributed by atoms with van der Waals surface area (Å²) >= 11 is 0. The summed E-state index contributed by atoms with van der Waals surface area (Å²) in [4.78, 5) is 24.0. The van der Waals surface area contributed by atoms with E-state index in [4.69, 9.17) is 4.74 Å². The van der Waals surface area contributed by atoms with Gasteiger partial charge < -0.3 is 10.1 Å². The van der Waals surface area contributed by atoms with Gasteiger partial charge in [-0.25, -0.2) is 17.5 Å². The Hall–Kier alpha value is -4.00. The number of amides is 1. The monoisotopic (exact) mass is 547 g/mol. The summed E-state index contributed by atoms with van der Waals surface area (Å²) < 4.78 is 44.2. The Balaban J connectivity index is 1.73. The quantitative estimate of drug-likeness (QED) is 0.240. The number of hydrogen-bond acceptors (Lipinski definition) is 5. The van der Waals surface area contributed by atoms with Crippen LogP contribution in [-0.2, 0) is 30.8 Å². The summed E-state index contributed by atoms with van der Waals surface area (Å²) in [6.45, 7) is 1.33. The minimum Gasteiger partial charge on any atom is -0.458 e. The maximum absolute atomic E-state index is 13.4. The fourth-order valence-electron chi connectivity index (χ4n) is 4.44. The molecule has 39 heavy (non-hydrogen) atoms. The fourth-order valence-corrected chi connectivity index (χ4v) is 4.77. The van der Waals surface area contributed by atoms with E-state index in [2.05, 4.69) is 27.9 Å². The molecule has 4 rings (SSSR count). The summed E-state index contributed by atoms with van der Waals surface area (Å²) in [5.41, 5.74) is 4.67. The first-order chi connectivity index (χ1) is 18.6. The van der Waals surface area contributed by atoms with E-state index in [1.807, 2.05) is 30.3 Å². The van der Waals surface area contributed by atoms with E-state index in [0.29, 0.717) is 24.8 Å². The van der Waals surface area contributed by atoms with Gasteiger partial charge in [-0.05, 0) is 65.4 Å². The first-order valence-corrected chi connectivity index (χ1v) is 14.3. The minimum absolute atomic E-state index is 0.0158. The van der Waals surface area contributed by atoms with Crippen LogP contribution in [0.3, 0.4) is 0 Å². The van der Waals surface area contributed by atoms with E-state index in [1.165, 1.54) is 19.1 Å². The number of hydrogen-bond donors (Lipinski definition) is 2. The number of sulfonamides is 1. The van der Waals surface area contributed by atoms with Crippen LogP contribution in [0.5, 0.6) is 0 Å². The molecule has 0 saturated carbocycles. The average Bonchev–Trinajstić information content (AvgIpc) is 2.87. The van der Waals surface area contributed by atoms with Crippen molar-refractivity contribution in [1.29, 1.82) is 0 Å². The highest BCUT2D eigenvalue weighted by Gasteiger charge is 2.33. The summed E-state index contributed by atoms with van der Waals surface area (Å²) in [5, 5.41) is 2.89. The van der Waals surface area contributed by atoms with Crippen LogP contribution in [-0.4, -0.2) is 33.1 Å². The minimum atomic E-state index is -3.34. The predicted molar refractivity (Wildman–Crippen MR) is 145 cm³/mol. The first kappa shape index (κ1) is 28.0. The van der Waals surface area contributed by atoms with Gasteiger partial charge in [-0.2, -0.15) is 0 Å². The van der Waals surface area contributed by atoms with Crippen LogP contribution in [0, 0.1) is 23.7 Å². The molecule has 1 fully saturated rings. The highest BCUT2D eigenvalue weighted by Crippen LogP contribution is 2.40. The van der Waals surface area contributed by atoms with Gasteiger partial charge in [-0.3, -0.25) is 9.59 Å². The van der Waals surface area contributed by atoms with E-state index in [1.54, 1.807) is 18.2 Å². The summed E-state index contributed by atoms with van der Waals surface area (Å²) in [6, 6.07) is 20.3. The molecular weight excluding hydrogens is 519 g/mol. The average molecular weight is 548 g/mol. The molecule has 3 aromatic rings. The van der Waals surface area contributed by atoms with Gasteiger partial charge in [0.2, 0.25) is 15.9 Å². The van der Waals surface area contributed by atoms with Crippen LogP contribution in [0.4, 0.5) is 4.39 Å². The SMILES string of the molecule is CC(=O)O[C@H](CCc1ccc(F)cc1)c1c(C2CC(=O)N2)[c]ccc1-c1cccc(C#CCNS(C)(=O)=O)c1. The molecule has 1 amide bonds. The van der Waals surface area contributed by atoms with Crippen LogP contribution < -0.4 is 10.0 Å². The number of esters is 1. The van der Waals surface area contributed by atoms with Gasteiger partial charge in [0.05, 0.1) is 25.3 Å². The lowest BCUT2D eigenvalue weighted by Gasteiger charge is -2.32.